The van der Waals surface area contributed by atoms with Gasteiger partial charge < -0.3 is 10.2 Å². The van der Waals surface area contributed by atoms with Crippen molar-refractivity contribution in [3.05, 3.63) is 35.9 Å². The van der Waals surface area contributed by atoms with Crippen LogP contribution < -0.4 is 5.32 Å². The van der Waals surface area contributed by atoms with Crippen molar-refractivity contribution in [1.29, 1.82) is 0 Å². The molecule has 0 aromatic heterocycles. The highest BCUT2D eigenvalue weighted by Gasteiger charge is 2.32. The van der Waals surface area contributed by atoms with Crippen LogP contribution in [0.25, 0.3) is 0 Å². The van der Waals surface area contributed by atoms with Crippen molar-refractivity contribution in [3.63, 3.8) is 0 Å². The Balaban J connectivity index is 0.00000200. The topological polar surface area (TPSA) is 32.3 Å². The predicted molar refractivity (Wildman–Crippen MR) is 85.4 cm³/mol. The summed E-state index contributed by atoms with van der Waals surface area (Å²) in [5.41, 5.74) is 1.13. The van der Waals surface area contributed by atoms with Gasteiger partial charge in [-0.1, -0.05) is 37.3 Å². The zero-order valence-corrected chi connectivity index (χ0v) is 13.3. The molecule has 0 aliphatic carbocycles. The van der Waals surface area contributed by atoms with Gasteiger partial charge >= 0.3 is 0 Å². The summed E-state index contributed by atoms with van der Waals surface area (Å²) in [6.07, 6.45) is 0.855. The van der Waals surface area contributed by atoms with E-state index >= 15 is 0 Å². The second-order valence-electron chi connectivity index (χ2n) is 5.39. The van der Waals surface area contributed by atoms with Crippen molar-refractivity contribution in [2.75, 3.05) is 13.1 Å². The second kappa shape index (κ2) is 7.65. The van der Waals surface area contributed by atoms with Gasteiger partial charge in [-0.15, -0.1) is 12.4 Å². The minimum atomic E-state index is -0.00560. The molecule has 3 nitrogen and oxygen atoms in total. The highest BCUT2D eigenvalue weighted by Crippen LogP contribution is 2.24. The predicted octanol–water partition coefficient (Wildman–Crippen LogP) is 2.81. The lowest BCUT2D eigenvalue weighted by molar-refractivity contribution is -0.136. The molecule has 1 aliphatic heterocycles. The van der Waals surface area contributed by atoms with Crippen LogP contribution in [0.15, 0.2) is 30.3 Å². The standard InChI is InChI=1S/C16H24N2O.ClH/c1-4-15(14-8-6-5-7-9-14)16(19)18-11-10-17-12(2)13(18)3;/h5-9,12-13,15,17H,4,10-11H2,1-3H3;1H. The molecule has 3 unspecified atom stereocenters. The molecular formula is C16H25ClN2O. The molecule has 4 heteroatoms. The number of rotatable bonds is 3. The van der Waals surface area contributed by atoms with Gasteiger partial charge in [-0.3, -0.25) is 4.79 Å². The van der Waals surface area contributed by atoms with Gasteiger partial charge in [-0.05, 0) is 25.8 Å². The van der Waals surface area contributed by atoms with E-state index in [1.54, 1.807) is 0 Å². The van der Waals surface area contributed by atoms with E-state index in [0.717, 1.165) is 25.1 Å². The van der Waals surface area contributed by atoms with Crippen LogP contribution in [0.3, 0.4) is 0 Å². The van der Waals surface area contributed by atoms with E-state index in [1.165, 1.54) is 0 Å². The van der Waals surface area contributed by atoms with Gasteiger partial charge in [-0.2, -0.15) is 0 Å². The van der Waals surface area contributed by atoms with Crippen LogP contribution in [0.4, 0.5) is 0 Å². The average Bonchev–Trinajstić information content (AvgIpc) is 2.44. The smallest absolute Gasteiger partial charge is 0.230 e. The Morgan fingerprint density at radius 3 is 2.60 bits per heavy atom. The lowest BCUT2D eigenvalue weighted by atomic mass is 9.93. The first-order chi connectivity index (χ1) is 9.15. The van der Waals surface area contributed by atoms with E-state index in [9.17, 15) is 4.79 Å². The number of nitrogens with zero attached hydrogens (tertiary/aromatic N) is 1. The number of nitrogens with one attached hydrogen (secondary N) is 1. The molecule has 0 bridgehead atoms. The van der Waals surface area contributed by atoms with Crippen LogP contribution in [-0.4, -0.2) is 36.0 Å². The molecule has 3 atom stereocenters. The molecule has 20 heavy (non-hydrogen) atoms. The van der Waals surface area contributed by atoms with E-state index in [0.29, 0.717) is 6.04 Å². The number of hydrogen-bond acceptors (Lipinski definition) is 2. The fraction of sp³-hybridized carbons (Fsp3) is 0.562. The van der Waals surface area contributed by atoms with E-state index in [2.05, 4.69) is 38.2 Å². The molecule has 1 amide bonds. The maximum Gasteiger partial charge on any atom is 0.230 e. The van der Waals surface area contributed by atoms with Crippen LogP contribution in [0.1, 0.15) is 38.7 Å². The molecule has 1 heterocycles. The first-order valence-electron chi connectivity index (χ1n) is 7.24. The Kier molecular flexibility index (Phi) is 6.50. The molecule has 1 aliphatic rings. The molecule has 1 fully saturated rings. The zero-order chi connectivity index (χ0) is 13.8. The van der Waals surface area contributed by atoms with Gasteiger partial charge in [0.25, 0.3) is 0 Å². The van der Waals surface area contributed by atoms with Crippen molar-refractivity contribution < 1.29 is 4.79 Å². The lowest BCUT2D eigenvalue weighted by Gasteiger charge is -2.40. The van der Waals surface area contributed by atoms with Crippen molar-refractivity contribution in [3.8, 4) is 0 Å². The molecule has 0 saturated carbocycles. The van der Waals surface area contributed by atoms with Gasteiger partial charge in [-0.25, -0.2) is 0 Å². The Morgan fingerprint density at radius 2 is 2.00 bits per heavy atom. The van der Waals surface area contributed by atoms with Crippen LogP contribution >= 0.6 is 12.4 Å². The number of hydrogen-bond donors (Lipinski definition) is 1. The summed E-state index contributed by atoms with van der Waals surface area (Å²) < 4.78 is 0. The summed E-state index contributed by atoms with van der Waals surface area (Å²) in [6, 6.07) is 10.8. The van der Waals surface area contributed by atoms with Crippen LogP contribution in [0.2, 0.25) is 0 Å². The minimum absolute atomic E-state index is 0. The Morgan fingerprint density at radius 1 is 1.35 bits per heavy atom. The summed E-state index contributed by atoms with van der Waals surface area (Å²) >= 11 is 0. The van der Waals surface area contributed by atoms with Gasteiger partial charge in [0.05, 0.1) is 5.92 Å². The van der Waals surface area contributed by atoms with Crippen molar-refractivity contribution >= 4 is 18.3 Å². The highest BCUT2D eigenvalue weighted by molar-refractivity contribution is 5.85. The number of carbonyl (C=O) groups is 1. The summed E-state index contributed by atoms with van der Waals surface area (Å²) in [6.45, 7) is 8.07. The fourth-order valence-corrected chi connectivity index (χ4v) is 2.81. The SMILES string of the molecule is CCC(C(=O)N1CCNC(C)C1C)c1ccccc1.Cl. The molecule has 0 radical (unpaired) electrons. The number of carbonyl (C=O) groups excluding carboxylic acids is 1. The molecule has 0 spiro atoms. The molecule has 2 rings (SSSR count). The quantitative estimate of drug-likeness (QED) is 0.930. The maximum absolute atomic E-state index is 12.8. The Labute approximate surface area is 128 Å². The van der Waals surface area contributed by atoms with Crippen LogP contribution in [-0.2, 0) is 4.79 Å². The third kappa shape index (κ3) is 3.53. The van der Waals surface area contributed by atoms with Gasteiger partial charge in [0.2, 0.25) is 5.91 Å². The van der Waals surface area contributed by atoms with E-state index in [4.69, 9.17) is 0 Å². The summed E-state index contributed by atoms with van der Waals surface area (Å²) in [7, 11) is 0. The molecule has 1 N–H and O–H groups in total. The number of piperazine rings is 1. The highest BCUT2D eigenvalue weighted by atomic mass is 35.5. The van der Waals surface area contributed by atoms with Crippen molar-refractivity contribution in [2.45, 2.75) is 45.2 Å². The molecule has 112 valence electrons. The first kappa shape index (κ1) is 17.0. The van der Waals surface area contributed by atoms with Gasteiger partial charge in [0, 0.05) is 25.2 Å². The Hall–Kier alpha value is -1.06. The van der Waals surface area contributed by atoms with Crippen LogP contribution in [0.5, 0.6) is 0 Å². The lowest BCUT2D eigenvalue weighted by Crippen LogP contribution is -2.58. The van der Waals surface area contributed by atoms with E-state index < -0.39 is 0 Å². The van der Waals surface area contributed by atoms with Crippen LogP contribution in [0, 0.1) is 0 Å². The number of halogens is 1. The Bertz CT molecular complexity index is 424. The maximum atomic E-state index is 12.8. The van der Waals surface area contributed by atoms with Gasteiger partial charge in [0.15, 0.2) is 0 Å². The minimum Gasteiger partial charge on any atom is -0.337 e. The number of amides is 1. The summed E-state index contributed by atoms with van der Waals surface area (Å²) in [5, 5.41) is 3.42. The summed E-state index contributed by atoms with van der Waals surface area (Å²) in [5.74, 6) is 0.267. The average molecular weight is 297 g/mol. The largest absolute Gasteiger partial charge is 0.337 e. The zero-order valence-electron chi connectivity index (χ0n) is 12.5. The second-order valence-corrected chi connectivity index (χ2v) is 5.39. The van der Waals surface area contributed by atoms with Crippen molar-refractivity contribution in [1.82, 2.24) is 10.2 Å². The van der Waals surface area contributed by atoms with Crippen molar-refractivity contribution in [2.24, 2.45) is 0 Å². The number of benzene rings is 1. The van der Waals surface area contributed by atoms with E-state index in [1.807, 2.05) is 23.1 Å². The van der Waals surface area contributed by atoms with Gasteiger partial charge in [0.1, 0.15) is 0 Å². The normalized spacial score (nSPS) is 23.9. The summed E-state index contributed by atoms with van der Waals surface area (Å²) in [4.78, 5) is 14.8. The first-order valence-corrected chi connectivity index (χ1v) is 7.24. The monoisotopic (exact) mass is 296 g/mol. The third-order valence-electron chi connectivity index (χ3n) is 4.23. The fourth-order valence-electron chi connectivity index (χ4n) is 2.81. The molecular weight excluding hydrogens is 272 g/mol. The molecule has 1 aromatic carbocycles. The molecule has 1 saturated heterocycles. The molecule has 1 aromatic rings. The van der Waals surface area contributed by atoms with E-state index in [-0.39, 0.29) is 30.3 Å². The third-order valence-corrected chi connectivity index (χ3v) is 4.23.